The zero-order chi connectivity index (χ0) is 11.6. The molecule has 1 radical (unpaired) electrons. The third-order valence-electron chi connectivity index (χ3n) is 2.37. The highest BCUT2D eigenvalue weighted by Gasteiger charge is 2.15. The quantitative estimate of drug-likeness (QED) is 0.688. The Morgan fingerprint density at radius 1 is 1.13 bits per heavy atom. The minimum absolute atomic E-state index is 0.195. The maximum atomic E-state index is 5.88. The van der Waals surface area contributed by atoms with Crippen molar-refractivity contribution in [1.82, 2.24) is 0 Å². The fourth-order valence-electron chi connectivity index (χ4n) is 1.40. The Hall–Kier alpha value is -0.763. The second-order valence-corrected chi connectivity index (χ2v) is 7.26. The van der Waals surface area contributed by atoms with Crippen molar-refractivity contribution in [1.29, 1.82) is 0 Å². The molecule has 0 amide bonds. The summed E-state index contributed by atoms with van der Waals surface area (Å²) in [5, 5.41) is 0. The zero-order valence-corrected chi connectivity index (χ0v) is 11.6. The highest BCUT2D eigenvalue weighted by molar-refractivity contribution is 6.49. The van der Waals surface area contributed by atoms with E-state index in [1.807, 2.05) is 0 Å². The van der Waals surface area contributed by atoms with E-state index in [1.54, 1.807) is 0 Å². The number of hydrogen-bond acceptors (Lipinski definition) is 1. The average molecular weight is 221 g/mol. The van der Waals surface area contributed by atoms with Gasteiger partial charge in [-0.05, 0) is 42.6 Å². The van der Waals surface area contributed by atoms with Gasteiger partial charge in [-0.2, -0.15) is 0 Å². The monoisotopic (exact) mass is 221 g/mol. The van der Waals surface area contributed by atoms with Gasteiger partial charge in [0.2, 0.25) is 0 Å². The summed E-state index contributed by atoms with van der Waals surface area (Å²) < 4.78 is 5.88. The van der Waals surface area contributed by atoms with E-state index in [0.29, 0.717) is 0 Å². The van der Waals surface area contributed by atoms with E-state index in [1.165, 1.54) is 11.1 Å². The molecule has 0 fully saturated rings. The van der Waals surface area contributed by atoms with Gasteiger partial charge in [-0.25, -0.2) is 0 Å². The van der Waals surface area contributed by atoms with Crippen LogP contribution in [0.3, 0.4) is 0 Å². The molecule has 0 heterocycles. The van der Waals surface area contributed by atoms with Crippen LogP contribution in [0.25, 0.3) is 0 Å². The fourth-order valence-corrected chi connectivity index (χ4v) is 2.06. The Balaban J connectivity index is 3.06. The molecule has 0 aliphatic carbocycles. The topological polar surface area (TPSA) is 9.23 Å². The lowest BCUT2D eigenvalue weighted by Crippen LogP contribution is -2.15. The van der Waals surface area contributed by atoms with Crippen LogP contribution in [0.4, 0.5) is 0 Å². The molecule has 0 aliphatic heterocycles. The van der Waals surface area contributed by atoms with Gasteiger partial charge in [0, 0.05) is 0 Å². The molecule has 0 unspecified atom stereocenters. The zero-order valence-electron chi connectivity index (χ0n) is 10.6. The molecule has 1 rings (SSSR count). The second-order valence-electron chi connectivity index (χ2n) is 5.24. The van der Waals surface area contributed by atoms with E-state index in [0.717, 1.165) is 5.75 Å². The van der Waals surface area contributed by atoms with Gasteiger partial charge in [0.25, 0.3) is 9.04 Å². The molecular formula is C13H21OSi. The minimum atomic E-state index is -0.671. The number of rotatable bonds is 2. The Bertz CT molecular complexity index is 337. The lowest BCUT2D eigenvalue weighted by Gasteiger charge is -2.21. The van der Waals surface area contributed by atoms with Gasteiger partial charge in [-0.3, -0.25) is 0 Å². The molecule has 1 aromatic carbocycles. The predicted octanol–water partition coefficient (Wildman–Crippen LogP) is 3.92. The summed E-state index contributed by atoms with van der Waals surface area (Å²) in [7, 11) is -0.671. The molecule has 1 aromatic rings. The van der Waals surface area contributed by atoms with E-state index < -0.39 is 9.04 Å². The van der Waals surface area contributed by atoms with Crippen molar-refractivity contribution in [2.45, 2.75) is 46.2 Å². The number of hydrogen-bond donors (Lipinski definition) is 0. The van der Waals surface area contributed by atoms with Crippen LogP contribution in [0.2, 0.25) is 13.1 Å². The van der Waals surface area contributed by atoms with Crippen LogP contribution in [-0.4, -0.2) is 9.04 Å². The number of aryl methyl sites for hydroxylation is 1. The Morgan fingerprint density at radius 3 is 2.20 bits per heavy atom. The van der Waals surface area contributed by atoms with Crippen molar-refractivity contribution in [2.75, 3.05) is 0 Å². The third-order valence-corrected chi connectivity index (χ3v) is 3.00. The maximum absolute atomic E-state index is 5.88. The summed E-state index contributed by atoms with van der Waals surface area (Å²) in [5.41, 5.74) is 2.76. The van der Waals surface area contributed by atoms with Crippen LogP contribution < -0.4 is 4.43 Å². The van der Waals surface area contributed by atoms with Gasteiger partial charge in [-0.1, -0.05) is 32.9 Å². The van der Waals surface area contributed by atoms with Crippen LogP contribution in [-0.2, 0) is 5.41 Å². The molecule has 15 heavy (non-hydrogen) atoms. The van der Waals surface area contributed by atoms with Crippen molar-refractivity contribution in [3.63, 3.8) is 0 Å². The van der Waals surface area contributed by atoms with Crippen molar-refractivity contribution >= 4 is 9.04 Å². The predicted molar refractivity (Wildman–Crippen MR) is 68.0 cm³/mol. The molecule has 0 aromatic heterocycles. The molecular weight excluding hydrogens is 200 g/mol. The molecule has 0 N–H and O–H groups in total. The second kappa shape index (κ2) is 4.39. The van der Waals surface area contributed by atoms with Crippen LogP contribution in [0, 0.1) is 6.92 Å². The van der Waals surface area contributed by atoms with Gasteiger partial charge >= 0.3 is 0 Å². The number of benzene rings is 1. The SMILES string of the molecule is Cc1ccc(C(C)(C)C)cc1O[Si](C)C. The Morgan fingerprint density at radius 2 is 1.73 bits per heavy atom. The van der Waals surface area contributed by atoms with Gasteiger partial charge < -0.3 is 4.43 Å². The first-order chi connectivity index (χ1) is 6.80. The van der Waals surface area contributed by atoms with Gasteiger partial charge in [0.1, 0.15) is 5.75 Å². The summed E-state index contributed by atoms with van der Waals surface area (Å²) in [6.07, 6.45) is 0. The molecule has 2 heteroatoms. The highest BCUT2D eigenvalue weighted by atomic mass is 28.3. The van der Waals surface area contributed by atoms with Crippen molar-refractivity contribution in [2.24, 2.45) is 0 Å². The fraction of sp³-hybridized carbons (Fsp3) is 0.538. The van der Waals surface area contributed by atoms with Gasteiger partial charge in [0.05, 0.1) is 0 Å². The van der Waals surface area contributed by atoms with Crippen LogP contribution in [0.1, 0.15) is 31.9 Å². The van der Waals surface area contributed by atoms with Crippen LogP contribution in [0.15, 0.2) is 18.2 Å². The van der Waals surface area contributed by atoms with E-state index in [4.69, 9.17) is 4.43 Å². The molecule has 83 valence electrons. The third kappa shape index (κ3) is 3.38. The Kier molecular flexibility index (Phi) is 3.61. The molecule has 0 saturated carbocycles. The first-order valence-corrected chi connectivity index (χ1v) is 7.80. The van der Waals surface area contributed by atoms with Crippen molar-refractivity contribution in [3.8, 4) is 5.75 Å². The summed E-state index contributed by atoms with van der Waals surface area (Å²) in [5.74, 6) is 1.06. The van der Waals surface area contributed by atoms with E-state index >= 15 is 0 Å². The van der Waals surface area contributed by atoms with E-state index in [-0.39, 0.29) is 5.41 Å². The van der Waals surface area contributed by atoms with Crippen LogP contribution >= 0.6 is 0 Å². The van der Waals surface area contributed by atoms with Crippen molar-refractivity contribution < 1.29 is 4.43 Å². The lowest BCUT2D eigenvalue weighted by molar-refractivity contribution is 0.557. The first kappa shape index (κ1) is 12.3. The Labute approximate surface area is 95.2 Å². The van der Waals surface area contributed by atoms with Gasteiger partial charge in [-0.15, -0.1) is 0 Å². The first-order valence-electron chi connectivity index (χ1n) is 5.40. The summed E-state index contributed by atoms with van der Waals surface area (Å²) >= 11 is 0. The molecule has 0 saturated heterocycles. The minimum Gasteiger partial charge on any atom is -0.542 e. The summed E-state index contributed by atoms with van der Waals surface area (Å²) in [6, 6.07) is 6.54. The molecule has 1 nitrogen and oxygen atoms in total. The summed E-state index contributed by atoms with van der Waals surface area (Å²) in [4.78, 5) is 0. The van der Waals surface area contributed by atoms with E-state index in [9.17, 15) is 0 Å². The molecule has 0 bridgehead atoms. The lowest BCUT2D eigenvalue weighted by atomic mass is 9.86. The maximum Gasteiger partial charge on any atom is 0.274 e. The van der Waals surface area contributed by atoms with Crippen molar-refractivity contribution in [3.05, 3.63) is 29.3 Å². The average Bonchev–Trinajstić information content (AvgIpc) is 2.06. The van der Waals surface area contributed by atoms with E-state index in [2.05, 4.69) is 59.0 Å². The molecule has 0 atom stereocenters. The smallest absolute Gasteiger partial charge is 0.274 e. The molecule has 0 spiro atoms. The standard InChI is InChI=1S/C13H21OSi/c1-10-7-8-11(13(2,3)4)9-12(10)14-15(5)6/h7-9H,1-6H3. The van der Waals surface area contributed by atoms with Gasteiger partial charge in [0.15, 0.2) is 0 Å². The normalized spacial score (nSPS) is 11.9. The molecule has 0 aliphatic rings. The van der Waals surface area contributed by atoms with Crippen LogP contribution in [0.5, 0.6) is 5.75 Å². The summed E-state index contributed by atoms with van der Waals surface area (Å²) in [6.45, 7) is 13.1. The largest absolute Gasteiger partial charge is 0.542 e. The highest BCUT2D eigenvalue weighted by Crippen LogP contribution is 2.28.